The van der Waals surface area contributed by atoms with Gasteiger partial charge in [-0.05, 0) is 38.1 Å². The molecule has 0 fully saturated rings. The van der Waals surface area contributed by atoms with Crippen LogP contribution in [0.1, 0.15) is 24.5 Å². The molecule has 0 saturated heterocycles. The number of amides is 1. The lowest BCUT2D eigenvalue weighted by Crippen LogP contribution is -2.21. The summed E-state index contributed by atoms with van der Waals surface area (Å²) in [5, 5.41) is 6.17. The van der Waals surface area contributed by atoms with Crippen molar-refractivity contribution in [2.24, 2.45) is 0 Å². The molecule has 0 bridgehead atoms. The Kier molecular flexibility index (Phi) is 7.29. The van der Waals surface area contributed by atoms with Gasteiger partial charge in [-0.2, -0.15) is 0 Å². The Labute approximate surface area is 149 Å². The highest BCUT2D eigenvalue weighted by molar-refractivity contribution is 5.91. The van der Waals surface area contributed by atoms with E-state index in [4.69, 9.17) is 9.47 Å². The Balaban J connectivity index is 2.00. The quantitative estimate of drug-likeness (QED) is 0.685. The first kappa shape index (κ1) is 18.8. The molecule has 25 heavy (non-hydrogen) atoms. The van der Waals surface area contributed by atoms with E-state index < -0.39 is 0 Å². The second kappa shape index (κ2) is 9.69. The summed E-state index contributed by atoms with van der Waals surface area (Å²) in [4.78, 5) is 12.1. The number of anilines is 1. The summed E-state index contributed by atoms with van der Waals surface area (Å²) in [5.74, 6) is 1.02. The number of benzene rings is 2. The summed E-state index contributed by atoms with van der Waals surface area (Å²) in [6.07, 6.45) is 1.05. The summed E-state index contributed by atoms with van der Waals surface area (Å²) in [6.45, 7) is 5.63. The normalized spacial score (nSPS) is 10.4. The molecule has 5 heteroatoms. The number of carbonyl (C=O) groups excluding carboxylic acids is 1. The molecule has 0 aliphatic rings. The van der Waals surface area contributed by atoms with Gasteiger partial charge in [-0.15, -0.1) is 0 Å². The average Bonchev–Trinajstić information content (AvgIpc) is 2.62. The number of hydrogen-bond acceptors (Lipinski definition) is 4. The van der Waals surface area contributed by atoms with Gasteiger partial charge in [0.05, 0.1) is 7.11 Å². The standard InChI is InChI=1S/C20H26N2O3/c1-4-12-21-13-16-6-5-7-18(24-3)20(16)25-14-19(23)22-17-10-8-15(2)9-11-17/h5-11,21H,4,12-14H2,1-3H3,(H,22,23). The number of para-hydroxylation sites is 1. The van der Waals surface area contributed by atoms with Gasteiger partial charge in [-0.3, -0.25) is 4.79 Å². The van der Waals surface area contributed by atoms with Gasteiger partial charge in [0.25, 0.3) is 5.91 Å². The molecule has 0 radical (unpaired) electrons. The first-order valence-corrected chi connectivity index (χ1v) is 8.50. The summed E-state index contributed by atoms with van der Waals surface area (Å²) in [6, 6.07) is 13.4. The zero-order valence-electron chi connectivity index (χ0n) is 15.1. The molecule has 0 aliphatic heterocycles. The Bertz CT molecular complexity index is 684. The summed E-state index contributed by atoms with van der Waals surface area (Å²) < 4.78 is 11.1. The predicted molar refractivity (Wildman–Crippen MR) is 100 cm³/mol. The lowest BCUT2D eigenvalue weighted by Gasteiger charge is -2.15. The molecule has 5 nitrogen and oxygen atoms in total. The van der Waals surface area contributed by atoms with Gasteiger partial charge in [-0.1, -0.05) is 36.8 Å². The summed E-state index contributed by atoms with van der Waals surface area (Å²) >= 11 is 0. The van der Waals surface area contributed by atoms with Crippen molar-refractivity contribution in [1.82, 2.24) is 5.32 Å². The van der Waals surface area contributed by atoms with Crippen molar-refractivity contribution in [3.05, 3.63) is 53.6 Å². The lowest BCUT2D eigenvalue weighted by molar-refractivity contribution is -0.118. The number of hydrogen-bond donors (Lipinski definition) is 2. The third kappa shape index (κ3) is 5.80. The van der Waals surface area contributed by atoms with E-state index >= 15 is 0 Å². The molecule has 0 atom stereocenters. The highest BCUT2D eigenvalue weighted by Crippen LogP contribution is 2.31. The van der Waals surface area contributed by atoms with Crippen LogP contribution in [0, 0.1) is 6.92 Å². The fourth-order valence-corrected chi connectivity index (χ4v) is 2.40. The minimum atomic E-state index is -0.206. The molecule has 2 N–H and O–H groups in total. The van der Waals surface area contributed by atoms with Crippen LogP contribution in [-0.4, -0.2) is 26.2 Å². The predicted octanol–water partition coefficient (Wildman–Crippen LogP) is 3.52. The molecule has 0 unspecified atom stereocenters. The first-order valence-electron chi connectivity index (χ1n) is 8.50. The molecule has 2 rings (SSSR count). The Morgan fingerprint density at radius 2 is 1.88 bits per heavy atom. The number of methoxy groups -OCH3 is 1. The maximum Gasteiger partial charge on any atom is 0.262 e. The van der Waals surface area contributed by atoms with Gasteiger partial charge in [0.2, 0.25) is 0 Å². The third-order valence-electron chi connectivity index (χ3n) is 3.71. The Hall–Kier alpha value is -2.53. The maximum atomic E-state index is 12.1. The monoisotopic (exact) mass is 342 g/mol. The summed E-state index contributed by atoms with van der Waals surface area (Å²) in [7, 11) is 1.60. The number of aryl methyl sites for hydroxylation is 1. The zero-order valence-corrected chi connectivity index (χ0v) is 15.1. The van der Waals surface area contributed by atoms with Gasteiger partial charge >= 0.3 is 0 Å². The van der Waals surface area contributed by atoms with Gasteiger partial charge in [0.15, 0.2) is 18.1 Å². The molecule has 1 amide bonds. The molecular formula is C20H26N2O3. The van der Waals surface area contributed by atoms with Crippen molar-refractivity contribution < 1.29 is 14.3 Å². The zero-order chi connectivity index (χ0) is 18.1. The second-order valence-corrected chi connectivity index (χ2v) is 5.83. The van der Waals surface area contributed by atoms with Crippen LogP contribution >= 0.6 is 0 Å². The van der Waals surface area contributed by atoms with Crippen LogP contribution in [-0.2, 0) is 11.3 Å². The van der Waals surface area contributed by atoms with Crippen LogP contribution in [0.5, 0.6) is 11.5 Å². The number of carbonyl (C=O) groups is 1. The number of ether oxygens (including phenoxy) is 2. The van der Waals surface area contributed by atoms with Crippen LogP contribution < -0.4 is 20.1 Å². The lowest BCUT2D eigenvalue weighted by atomic mass is 10.2. The van der Waals surface area contributed by atoms with E-state index in [2.05, 4.69) is 17.6 Å². The average molecular weight is 342 g/mol. The maximum absolute atomic E-state index is 12.1. The Morgan fingerprint density at radius 1 is 1.12 bits per heavy atom. The van der Waals surface area contributed by atoms with Gasteiger partial charge < -0.3 is 20.1 Å². The first-order chi connectivity index (χ1) is 12.1. The molecule has 0 aromatic heterocycles. The topological polar surface area (TPSA) is 59.6 Å². The van der Waals surface area contributed by atoms with Crippen molar-refractivity contribution in [2.45, 2.75) is 26.8 Å². The fourth-order valence-electron chi connectivity index (χ4n) is 2.40. The SMILES string of the molecule is CCCNCc1cccc(OC)c1OCC(=O)Nc1ccc(C)cc1. The molecule has 2 aromatic carbocycles. The van der Waals surface area contributed by atoms with Crippen molar-refractivity contribution in [3.8, 4) is 11.5 Å². The molecule has 0 aliphatic carbocycles. The second-order valence-electron chi connectivity index (χ2n) is 5.83. The van der Waals surface area contributed by atoms with Crippen LogP contribution in [0.3, 0.4) is 0 Å². The van der Waals surface area contributed by atoms with Crippen LogP contribution in [0.2, 0.25) is 0 Å². The van der Waals surface area contributed by atoms with Crippen molar-refractivity contribution in [2.75, 3.05) is 25.6 Å². The summed E-state index contributed by atoms with van der Waals surface area (Å²) in [5.41, 5.74) is 2.87. The molecule has 134 valence electrons. The molecule has 0 spiro atoms. The Morgan fingerprint density at radius 3 is 2.56 bits per heavy atom. The molecule has 0 heterocycles. The van der Waals surface area contributed by atoms with Crippen molar-refractivity contribution in [3.63, 3.8) is 0 Å². The van der Waals surface area contributed by atoms with E-state index in [1.54, 1.807) is 7.11 Å². The van der Waals surface area contributed by atoms with Crippen molar-refractivity contribution in [1.29, 1.82) is 0 Å². The van der Waals surface area contributed by atoms with Gasteiger partial charge in [0.1, 0.15) is 0 Å². The largest absolute Gasteiger partial charge is 0.493 e. The van der Waals surface area contributed by atoms with Crippen LogP contribution in [0.15, 0.2) is 42.5 Å². The molecule has 2 aromatic rings. The molecule has 0 saturated carbocycles. The van der Waals surface area contributed by atoms with Gasteiger partial charge in [0, 0.05) is 17.8 Å². The van der Waals surface area contributed by atoms with E-state index in [9.17, 15) is 4.79 Å². The highest BCUT2D eigenvalue weighted by atomic mass is 16.5. The number of rotatable bonds is 9. The van der Waals surface area contributed by atoms with E-state index in [0.29, 0.717) is 18.0 Å². The fraction of sp³-hybridized carbons (Fsp3) is 0.350. The van der Waals surface area contributed by atoms with E-state index in [0.717, 1.165) is 29.8 Å². The van der Waals surface area contributed by atoms with E-state index in [1.165, 1.54) is 0 Å². The minimum absolute atomic E-state index is 0.0744. The third-order valence-corrected chi connectivity index (χ3v) is 3.71. The van der Waals surface area contributed by atoms with Crippen molar-refractivity contribution >= 4 is 11.6 Å². The number of nitrogens with one attached hydrogen (secondary N) is 2. The van der Waals surface area contributed by atoms with E-state index in [1.807, 2.05) is 49.4 Å². The van der Waals surface area contributed by atoms with Crippen LogP contribution in [0.25, 0.3) is 0 Å². The smallest absolute Gasteiger partial charge is 0.262 e. The van der Waals surface area contributed by atoms with Gasteiger partial charge in [-0.25, -0.2) is 0 Å². The molecular weight excluding hydrogens is 316 g/mol. The highest BCUT2D eigenvalue weighted by Gasteiger charge is 2.12. The minimum Gasteiger partial charge on any atom is -0.493 e. The van der Waals surface area contributed by atoms with Crippen LogP contribution in [0.4, 0.5) is 5.69 Å². The van der Waals surface area contributed by atoms with E-state index in [-0.39, 0.29) is 12.5 Å².